The Balaban J connectivity index is 1.76. The smallest absolute Gasteiger partial charge is 0.226 e. The highest BCUT2D eigenvalue weighted by molar-refractivity contribution is 5.86. The van der Waals surface area contributed by atoms with Crippen LogP contribution in [0, 0.1) is 11.8 Å². The average Bonchev–Trinajstić information content (AvgIpc) is 3.01. The van der Waals surface area contributed by atoms with Crippen molar-refractivity contribution >= 4 is 22.8 Å². The number of fused-ring (bicyclic) bond motifs is 1. The zero-order chi connectivity index (χ0) is 14.7. The van der Waals surface area contributed by atoms with Gasteiger partial charge in [0.15, 0.2) is 5.65 Å². The molecule has 0 radical (unpaired) electrons. The topological polar surface area (TPSA) is 98.8 Å². The van der Waals surface area contributed by atoms with Gasteiger partial charge in [0.1, 0.15) is 5.82 Å². The minimum atomic E-state index is 0.277. The summed E-state index contributed by atoms with van der Waals surface area (Å²) in [5.41, 5.74) is 0.721. The summed E-state index contributed by atoms with van der Waals surface area (Å²) >= 11 is 0. The van der Waals surface area contributed by atoms with Crippen molar-refractivity contribution < 1.29 is 5.11 Å². The van der Waals surface area contributed by atoms with Crippen molar-refractivity contribution in [3.63, 3.8) is 0 Å². The molecular formula is C14H22N6O. The Bertz CT molecular complexity index is 598. The second-order valence-corrected chi connectivity index (χ2v) is 5.65. The summed E-state index contributed by atoms with van der Waals surface area (Å²) in [7, 11) is 1.80. The van der Waals surface area contributed by atoms with Gasteiger partial charge in [-0.05, 0) is 24.7 Å². The molecule has 7 nitrogen and oxygen atoms in total. The van der Waals surface area contributed by atoms with E-state index in [1.165, 1.54) is 12.8 Å². The van der Waals surface area contributed by atoms with Crippen LogP contribution in [0.25, 0.3) is 11.0 Å². The van der Waals surface area contributed by atoms with Crippen LogP contribution in [-0.4, -0.2) is 45.5 Å². The fourth-order valence-corrected chi connectivity index (χ4v) is 3.10. The predicted molar refractivity (Wildman–Crippen MR) is 82.3 cm³/mol. The van der Waals surface area contributed by atoms with Crippen molar-refractivity contribution in [2.75, 3.05) is 30.8 Å². The molecule has 0 amide bonds. The molecule has 0 bridgehead atoms. The van der Waals surface area contributed by atoms with Crippen LogP contribution < -0.4 is 10.6 Å². The molecule has 1 aliphatic rings. The molecule has 0 spiro atoms. The molecule has 2 unspecified atom stereocenters. The number of rotatable bonds is 5. The summed E-state index contributed by atoms with van der Waals surface area (Å²) in [4.78, 5) is 8.79. The zero-order valence-electron chi connectivity index (χ0n) is 12.3. The molecule has 7 heteroatoms. The monoisotopic (exact) mass is 290 g/mol. The van der Waals surface area contributed by atoms with Crippen molar-refractivity contribution in [2.24, 2.45) is 11.8 Å². The number of anilines is 2. The molecular weight excluding hydrogens is 268 g/mol. The van der Waals surface area contributed by atoms with Crippen molar-refractivity contribution in [1.29, 1.82) is 0 Å². The molecule has 1 aliphatic carbocycles. The molecule has 3 rings (SSSR count). The van der Waals surface area contributed by atoms with Gasteiger partial charge in [0.25, 0.3) is 0 Å². The Morgan fingerprint density at radius 1 is 1.29 bits per heavy atom. The first-order valence-corrected chi connectivity index (χ1v) is 7.55. The van der Waals surface area contributed by atoms with Gasteiger partial charge in [0, 0.05) is 20.2 Å². The lowest BCUT2D eigenvalue weighted by atomic mass is 9.79. The summed E-state index contributed by atoms with van der Waals surface area (Å²) in [5.74, 6) is 2.26. The summed E-state index contributed by atoms with van der Waals surface area (Å²) in [5, 5.41) is 23.7. The first-order valence-electron chi connectivity index (χ1n) is 7.55. The van der Waals surface area contributed by atoms with E-state index in [1.807, 2.05) is 0 Å². The van der Waals surface area contributed by atoms with E-state index in [0.717, 1.165) is 36.2 Å². The minimum absolute atomic E-state index is 0.277. The summed E-state index contributed by atoms with van der Waals surface area (Å²) in [6.07, 6.45) is 6.49. The van der Waals surface area contributed by atoms with Gasteiger partial charge in [-0.2, -0.15) is 15.1 Å². The third-order valence-electron chi connectivity index (χ3n) is 4.37. The summed E-state index contributed by atoms with van der Waals surface area (Å²) < 4.78 is 0. The molecule has 4 N–H and O–H groups in total. The number of aliphatic hydroxyl groups is 1. The van der Waals surface area contributed by atoms with E-state index in [2.05, 4.69) is 30.8 Å². The quantitative estimate of drug-likeness (QED) is 0.667. The number of aromatic nitrogens is 4. The first kappa shape index (κ1) is 14.1. The Hall–Kier alpha value is -1.89. The van der Waals surface area contributed by atoms with E-state index in [9.17, 15) is 5.11 Å². The van der Waals surface area contributed by atoms with Gasteiger partial charge in [0.05, 0.1) is 11.6 Å². The Morgan fingerprint density at radius 3 is 2.86 bits per heavy atom. The highest BCUT2D eigenvalue weighted by Crippen LogP contribution is 2.30. The molecule has 1 fully saturated rings. The van der Waals surface area contributed by atoms with Crippen LogP contribution in [0.5, 0.6) is 0 Å². The van der Waals surface area contributed by atoms with E-state index in [4.69, 9.17) is 0 Å². The van der Waals surface area contributed by atoms with Crippen molar-refractivity contribution in [3.05, 3.63) is 6.20 Å². The number of nitrogens with one attached hydrogen (secondary N) is 3. The molecule has 2 aromatic heterocycles. The van der Waals surface area contributed by atoms with E-state index in [1.54, 1.807) is 13.2 Å². The van der Waals surface area contributed by atoms with E-state index >= 15 is 0 Å². The molecule has 2 atom stereocenters. The van der Waals surface area contributed by atoms with Gasteiger partial charge >= 0.3 is 0 Å². The molecule has 0 aromatic carbocycles. The van der Waals surface area contributed by atoms with E-state index < -0.39 is 0 Å². The van der Waals surface area contributed by atoms with Gasteiger partial charge < -0.3 is 15.7 Å². The minimum Gasteiger partial charge on any atom is -0.396 e. The second kappa shape index (κ2) is 6.26. The highest BCUT2D eigenvalue weighted by atomic mass is 16.3. The van der Waals surface area contributed by atoms with E-state index in [-0.39, 0.29) is 6.61 Å². The number of H-pyrrole nitrogens is 1. The third-order valence-corrected chi connectivity index (χ3v) is 4.37. The maximum absolute atomic E-state index is 9.50. The van der Waals surface area contributed by atoms with Crippen molar-refractivity contribution in [2.45, 2.75) is 25.7 Å². The Morgan fingerprint density at radius 2 is 2.10 bits per heavy atom. The van der Waals surface area contributed by atoms with Gasteiger partial charge in [-0.3, -0.25) is 5.10 Å². The number of hydrogen-bond acceptors (Lipinski definition) is 6. The van der Waals surface area contributed by atoms with Crippen LogP contribution in [0.3, 0.4) is 0 Å². The number of hydrogen-bond donors (Lipinski definition) is 4. The summed E-state index contributed by atoms with van der Waals surface area (Å²) in [6, 6.07) is 0. The Kier molecular flexibility index (Phi) is 4.19. The third kappa shape index (κ3) is 2.92. The number of aromatic amines is 1. The fraction of sp³-hybridized carbons (Fsp3) is 0.643. The molecule has 2 heterocycles. The lowest BCUT2D eigenvalue weighted by Crippen LogP contribution is -2.28. The largest absolute Gasteiger partial charge is 0.396 e. The van der Waals surface area contributed by atoms with Gasteiger partial charge in [-0.1, -0.05) is 12.8 Å². The van der Waals surface area contributed by atoms with Gasteiger partial charge in [-0.15, -0.1) is 0 Å². The molecule has 21 heavy (non-hydrogen) atoms. The predicted octanol–water partition coefficient (Wildman–Crippen LogP) is 1.61. The van der Waals surface area contributed by atoms with Crippen LogP contribution in [-0.2, 0) is 0 Å². The van der Waals surface area contributed by atoms with Crippen LogP contribution in [0.15, 0.2) is 6.20 Å². The molecule has 0 saturated heterocycles. The zero-order valence-corrected chi connectivity index (χ0v) is 12.3. The lowest BCUT2D eigenvalue weighted by molar-refractivity contribution is 0.141. The van der Waals surface area contributed by atoms with Crippen LogP contribution in [0.4, 0.5) is 11.8 Å². The van der Waals surface area contributed by atoms with Crippen LogP contribution in [0.1, 0.15) is 25.7 Å². The van der Waals surface area contributed by atoms with Crippen LogP contribution in [0.2, 0.25) is 0 Å². The number of aliphatic hydroxyl groups excluding tert-OH is 1. The van der Waals surface area contributed by atoms with Crippen molar-refractivity contribution in [1.82, 2.24) is 20.2 Å². The van der Waals surface area contributed by atoms with Crippen molar-refractivity contribution in [3.8, 4) is 0 Å². The Labute approximate surface area is 123 Å². The maximum Gasteiger partial charge on any atom is 0.226 e. The SMILES string of the molecule is CNc1nc(NCC2CCCCC2CO)c2cn[nH]c2n1. The maximum atomic E-state index is 9.50. The fourth-order valence-electron chi connectivity index (χ4n) is 3.10. The van der Waals surface area contributed by atoms with E-state index in [0.29, 0.717) is 17.8 Å². The molecule has 2 aromatic rings. The summed E-state index contributed by atoms with van der Waals surface area (Å²) in [6.45, 7) is 1.10. The molecule has 114 valence electrons. The normalized spacial score (nSPS) is 22.4. The molecule has 0 aliphatic heterocycles. The standard InChI is InChI=1S/C14H22N6O/c1-15-14-18-12(11-7-17-20-13(11)19-14)16-6-9-4-2-3-5-10(9)8-21/h7,9-10,21H,2-6,8H2,1H3,(H3,15,16,17,18,19,20). The van der Waals surface area contributed by atoms with Gasteiger partial charge in [-0.25, -0.2) is 0 Å². The van der Waals surface area contributed by atoms with Gasteiger partial charge in [0.2, 0.25) is 5.95 Å². The lowest BCUT2D eigenvalue weighted by Gasteiger charge is -2.30. The average molecular weight is 290 g/mol. The molecule has 1 saturated carbocycles. The highest BCUT2D eigenvalue weighted by Gasteiger charge is 2.24. The van der Waals surface area contributed by atoms with Crippen LogP contribution >= 0.6 is 0 Å². The second-order valence-electron chi connectivity index (χ2n) is 5.65. The number of nitrogens with zero attached hydrogens (tertiary/aromatic N) is 3. The first-order chi connectivity index (χ1) is 10.3.